The van der Waals surface area contributed by atoms with E-state index in [2.05, 4.69) is 6.92 Å². The van der Waals surface area contributed by atoms with Gasteiger partial charge in [-0.1, -0.05) is 6.92 Å². The Morgan fingerprint density at radius 2 is 2.06 bits per heavy atom. The Kier molecular flexibility index (Phi) is 4.17. The average Bonchev–Trinajstić information content (AvgIpc) is 2.82. The van der Waals surface area contributed by atoms with E-state index in [1.54, 1.807) is 6.92 Å². The van der Waals surface area contributed by atoms with Crippen LogP contribution in [0.4, 0.5) is 0 Å². The molecule has 0 aromatic rings. The number of ether oxygens (including phenoxy) is 3. The predicted molar refractivity (Wildman–Crippen MR) is 62.1 cm³/mol. The smallest absolute Gasteiger partial charge is 0.318 e. The van der Waals surface area contributed by atoms with E-state index < -0.39 is 16.8 Å². The fraction of sp³-hybridized carbons (Fsp3) is 0.909. The van der Waals surface area contributed by atoms with E-state index in [1.165, 1.54) is 0 Å². The monoisotopic (exact) mass is 262 g/mol. The van der Waals surface area contributed by atoms with Crippen LogP contribution in [0, 0.1) is 5.92 Å². The molecule has 0 aromatic heterocycles. The van der Waals surface area contributed by atoms with Gasteiger partial charge in [-0.25, -0.2) is 0 Å². The number of rotatable bonds is 4. The van der Waals surface area contributed by atoms with Crippen LogP contribution in [0.15, 0.2) is 0 Å². The van der Waals surface area contributed by atoms with Crippen LogP contribution in [-0.4, -0.2) is 53.2 Å². The molecule has 2 heterocycles. The van der Waals surface area contributed by atoms with E-state index in [0.717, 1.165) is 0 Å². The largest absolute Gasteiger partial charge is 0.465 e. The van der Waals surface area contributed by atoms with Gasteiger partial charge < -0.3 is 14.2 Å². The maximum absolute atomic E-state index is 12.0. The molecule has 2 saturated heterocycles. The van der Waals surface area contributed by atoms with Gasteiger partial charge >= 0.3 is 5.97 Å². The van der Waals surface area contributed by atoms with Gasteiger partial charge in [0.2, 0.25) is 0 Å². The van der Waals surface area contributed by atoms with Crippen molar-refractivity contribution in [3.8, 4) is 0 Å². The van der Waals surface area contributed by atoms with E-state index in [4.69, 9.17) is 14.2 Å². The average molecular weight is 262 g/mol. The lowest BCUT2D eigenvalue weighted by Gasteiger charge is -2.15. The molecular formula is C11H18O5S. The van der Waals surface area contributed by atoms with Gasteiger partial charge in [0.25, 0.3) is 0 Å². The molecule has 6 heteroatoms. The molecule has 2 aliphatic heterocycles. The summed E-state index contributed by atoms with van der Waals surface area (Å²) in [6.45, 7) is 5.16. The van der Waals surface area contributed by atoms with Crippen LogP contribution < -0.4 is 0 Å². The van der Waals surface area contributed by atoms with Gasteiger partial charge in [0, 0.05) is 16.7 Å². The first kappa shape index (κ1) is 13.0. The third kappa shape index (κ3) is 2.69. The van der Waals surface area contributed by atoms with Crippen LogP contribution in [0.25, 0.3) is 0 Å². The number of hydrogen-bond acceptors (Lipinski definition) is 5. The zero-order valence-electron chi connectivity index (χ0n) is 10.1. The Morgan fingerprint density at radius 1 is 1.35 bits per heavy atom. The van der Waals surface area contributed by atoms with Gasteiger partial charge in [0.15, 0.2) is 0 Å². The molecule has 0 N–H and O–H groups in total. The van der Waals surface area contributed by atoms with Crippen LogP contribution in [-0.2, 0) is 29.8 Å². The zero-order valence-corrected chi connectivity index (χ0v) is 10.9. The number of esters is 1. The van der Waals surface area contributed by atoms with Gasteiger partial charge in [0.1, 0.15) is 11.9 Å². The number of hydrogen-bond donors (Lipinski definition) is 0. The maximum Gasteiger partial charge on any atom is 0.318 e. The number of fused-ring (bicyclic) bond motifs is 1. The van der Waals surface area contributed by atoms with Crippen molar-refractivity contribution in [2.24, 2.45) is 5.92 Å². The molecule has 0 radical (unpaired) electrons. The molecular weight excluding hydrogens is 244 g/mol. The number of carbonyl (C=O) groups excluding carboxylic acids is 1. The van der Waals surface area contributed by atoms with Crippen LogP contribution in [0.3, 0.4) is 0 Å². The summed E-state index contributed by atoms with van der Waals surface area (Å²) >= 11 is 0. The van der Waals surface area contributed by atoms with Crippen LogP contribution >= 0.6 is 0 Å². The third-order valence-corrected chi connectivity index (χ3v) is 4.76. The minimum absolute atomic E-state index is 0.0335. The molecule has 98 valence electrons. The topological polar surface area (TPSA) is 61.8 Å². The minimum Gasteiger partial charge on any atom is -0.465 e. The molecule has 2 aliphatic rings. The highest BCUT2D eigenvalue weighted by Gasteiger charge is 2.48. The second-order valence-electron chi connectivity index (χ2n) is 4.44. The summed E-state index contributed by atoms with van der Waals surface area (Å²) < 4.78 is 28.0. The normalized spacial score (nSPS) is 37.8. The summed E-state index contributed by atoms with van der Waals surface area (Å²) in [4.78, 5) is 11.3. The molecule has 17 heavy (non-hydrogen) atoms. The summed E-state index contributed by atoms with van der Waals surface area (Å²) in [7, 11) is -1.28. The molecule has 0 saturated carbocycles. The predicted octanol–water partition coefficient (Wildman–Crippen LogP) is 0.100. The highest BCUT2D eigenvalue weighted by atomic mass is 32.2. The Labute approximate surface area is 103 Å². The van der Waals surface area contributed by atoms with E-state index in [-0.39, 0.29) is 23.2 Å². The summed E-state index contributed by atoms with van der Waals surface area (Å²) in [5.74, 6) is -0.145. The van der Waals surface area contributed by atoms with Crippen molar-refractivity contribution in [3.05, 3.63) is 0 Å². The minimum atomic E-state index is -1.28. The first-order chi connectivity index (χ1) is 8.13. The molecule has 0 aliphatic carbocycles. The zero-order chi connectivity index (χ0) is 12.4. The molecule has 0 spiro atoms. The van der Waals surface area contributed by atoms with Crippen molar-refractivity contribution < 1.29 is 23.2 Å². The van der Waals surface area contributed by atoms with Gasteiger partial charge in [0.05, 0.1) is 31.2 Å². The number of carbonyl (C=O) groups is 1. The van der Waals surface area contributed by atoms with E-state index in [0.29, 0.717) is 25.7 Å². The summed E-state index contributed by atoms with van der Waals surface area (Å²) in [5, 5.41) is -0.200. The van der Waals surface area contributed by atoms with Crippen molar-refractivity contribution in [3.63, 3.8) is 0 Å². The Balaban J connectivity index is 1.90. The molecule has 5 atom stereocenters. The molecule has 2 fully saturated rings. The van der Waals surface area contributed by atoms with Crippen LogP contribution in [0.1, 0.15) is 13.8 Å². The quantitative estimate of drug-likeness (QED) is 0.672. The Bertz CT molecular complexity index is 319. The van der Waals surface area contributed by atoms with Gasteiger partial charge in [-0.2, -0.15) is 0 Å². The Morgan fingerprint density at radius 3 is 2.76 bits per heavy atom. The highest BCUT2D eigenvalue weighted by Crippen LogP contribution is 2.33. The lowest BCUT2D eigenvalue weighted by atomic mass is 10.0. The lowest BCUT2D eigenvalue weighted by Crippen LogP contribution is -2.35. The standard InChI is InChI=1S/C11H18O5S/c1-3-14-9(12)6-17(13)8-5-16-10-7(2)4-15-11(8)10/h7-8,10-11H,3-6H2,1-2H3. The molecule has 0 amide bonds. The molecule has 5 nitrogen and oxygen atoms in total. The van der Waals surface area contributed by atoms with Crippen molar-refractivity contribution in [1.82, 2.24) is 0 Å². The Hall–Kier alpha value is -0.460. The molecule has 0 bridgehead atoms. The second kappa shape index (κ2) is 5.46. The van der Waals surface area contributed by atoms with Crippen molar-refractivity contribution in [1.29, 1.82) is 0 Å². The summed E-state index contributed by atoms with van der Waals surface area (Å²) in [6.07, 6.45) is -0.0913. The van der Waals surface area contributed by atoms with Gasteiger partial charge in [-0.15, -0.1) is 0 Å². The van der Waals surface area contributed by atoms with E-state index >= 15 is 0 Å². The second-order valence-corrected chi connectivity index (χ2v) is 6.10. The van der Waals surface area contributed by atoms with Gasteiger partial charge in [-0.3, -0.25) is 9.00 Å². The van der Waals surface area contributed by atoms with Crippen LogP contribution in [0.5, 0.6) is 0 Å². The van der Waals surface area contributed by atoms with Crippen molar-refractivity contribution in [2.45, 2.75) is 31.3 Å². The van der Waals surface area contributed by atoms with E-state index in [9.17, 15) is 9.00 Å². The fourth-order valence-corrected chi connectivity index (χ4v) is 3.60. The van der Waals surface area contributed by atoms with Crippen LogP contribution in [0.2, 0.25) is 0 Å². The first-order valence-electron chi connectivity index (χ1n) is 5.89. The fourth-order valence-electron chi connectivity index (χ4n) is 2.31. The lowest BCUT2D eigenvalue weighted by molar-refractivity contribution is -0.139. The maximum atomic E-state index is 12.0. The van der Waals surface area contributed by atoms with E-state index in [1.807, 2.05) is 0 Å². The SMILES string of the molecule is CCOC(=O)CS(=O)C1COC2C(C)COC21. The van der Waals surface area contributed by atoms with Crippen molar-refractivity contribution in [2.75, 3.05) is 25.6 Å². The van der Waals surface area contributed by atoms with Crippen molar-refractivity contribution >= 4 is 16.8 Å². The molecule has 0 aromatic carbocycles. The molecule has 2 rings (SSSR count). The van der Waals surface area contributed by atoms with Gasteiger partial charge in [-0.05, 0) is 6.92 Å². The summed E-state index contributed by atoms with van der Waals surface area (Å²) in [5.41, 5.74) is 0. The summed E-state index contributed by atoms with van der Waals surface area (Å²) in [6, 6.07) is 0. The first-order valence-corrected chi connectivity index (χ1v) is 7.27. The third-order valence-electron chi connectivity index (χ3n) is 3.16. The highest BCUT2D eigenvalue weighted by molar-refractivity contribution is 7.86. The molecule has 5 unspecified atom stereocenters.